The topological polar surface area (TPSA) is 30.9 Å². The molecule has 0 aliphatic rings. The molecule has 3 aromatic rings. The number of halogens is 1. The van der Waals surface area contributed by atoms with Gasteiger partial charge in [-0.1, -0.05) is 17.7 Å². The van der Waals surface area contributed by atoms with Gasteiger partial charge in [0.15, 0.2) is 0 Å². The van der Waals surface area contributed by atoms with Gasteiger partial charge < -0.3 is 10.3 Å². The lowest BCUT2D eigenvalue weighted by Gasteiger charge is -2.04. The maximum Gasteiger partial charge on any atom is 0.0931 e. The number of thiophene rings is 1. The molecule has 0 spiro atoms. The minimum atomic E-state index is 0.585. The van der Waals surface area contributed by atoms with Crippen LogP contribution in [0.3, 0.4) is 0 Å². The molecule has 0 saturated carbocycles. The van der Waals surface area contributed by atoms with Gasteiger partial charge in [-0.25, -0.2) is 0 Å². The molecule has 0 radical (unpaired) electrons. The van der Waals surface area contributed by atoms with Gasteiger partial charge in [0.05, 0.1) is 10.9 Å². The van der Waals surface area contributed by atoms with Crippen LogP contribution in [-0.2, 0) is 13.1 Å². The summed E-state index contributed by atoms with van der Waals surface area (Å²) >= 11 is 7.58. The lowest BCUT2D eigenvalue weighted by atomic mass is 10.1. The van der Waals surface area contributed by atoms with Crippen LogP contribution in [0.5, 0.6) is 0 Å². The molecule has 3 rings (SSSR count). The summed E-state index contributed by atoms with van der Waals surface area (Å²) in [4.78, 5) is 1.26. The second kappa shape index (κ2) is 4.76. The lowest BCUT2D eigenvalue weighted by Crippen LogP contribution is -1.97. The molecule has 4 heteroatoms. The van der Waals surface area contributed by atoms with Gasteiger partial charge in [0.2, 0.25) is 0 Å². The molecule has 0 aliphatic heterocycles. The van der Waals surface area contributed by atoms with Crippen LogP contribution in [0.25, 0.3) is 10.9 Å². The molecule has 2 N–H and O–H groups in total. The summed E-state index contributed by atoms with van der Waals surface area (Å²) in [5.74, 6) is 0. The van der Waals surface area contributed by atoms with Gasteiger partial charge >= 0.3 is 0 Å². The van der Waals surface area contributed by atoms with Crippen LogP contribution in [0, 0.1) is 0 Å². The quantitative estimate of drug-likeness (QED) is 0.774. The molecule has 18 heavy (non-hydrogen) atoms. The van der Waals surface area contributed by atoms with E-state index in [1.807, 2.05) is 6.07 Å². The largest absolute Gasteiger partial charge is 0.342 e. The number of nitrogens with zero attached hydrogens (tertiary/aromatic N) is 1. The van der Waals surface area contributed by atoms with Crippen molar-refractivity contribution >= 4 is 33.8 Å². The van der Waals surface area contributed by atoms with Crippen LogP contribution in [0.4, 0.5) is 0 Å². The molecular formula is C14H13ClN2S. The number of hydrogen-bond donors (Lipinski definition) is 1. The van der Waals surface area contributed by atoms with Crippen molar-refractivity contribution in [3.05, 3.63) is 57.4 Å². The molecule has 2 nitrogen and oxygen atoms in total. The van der Waals surface area contributed by atoms with Gasteiger partial charge in [0.1, 0.15) is 0 Å². The zero-order chi connectivity index (χ0) is 12.5. The smallest absolute Gasteiger partial charge is 0.0931 e. The zero-order valence-electron chi connectivity index (χ0n) is 9.77. The summed E-state index contributed by atoms with van der Waals surface area (Å²) < 4.78 is 3.07. The van der Waals surface area contributed by atoms with Crippen LogP contribution >= 0.6 is 22.9 Å². The highest BCUT2D eigenvalue weighted by atomic mass is 35.5. The van der Waals surface area contributed by atoms with E-state index in [1.54, 1.807) is 11.3 Å². The summed E-state index contributed by atoms with van der Waals surface area (Å²) in [6.45, 7) is 1.45. The van der Waals surface area contributed by atoms with E-state index < -0.39 is 0 Å². The highest BCUT2D eigenvalue weighted by Crippen LogP contribution is 2.24. The van der Waals surface area contributed by atoms with E-state index in [4.69, 9.17) is 17.3 Å². The number of hydrogen-bond acceptors (Lipinski definition) is 2. The predicted molar refractivity (Wildman–Crippen MR) is 78.3 cm³/mol. The first-order valence-corrected chi connectivity index (χ1v) is 6.98. The molecule has 0 atom stereocenters. The van der Waals surface area contributed by atoms with E-state index in [0.717, 1.165) is 10.9 Å². The Labute approximate surface area is 115 Å². The Morgan fingerprint density at radius 2 is 2.06 bits per heavy atom. The highest BCUT2D eigenvalue weighted by molar-refractivity contribution is 7.16. The fraction of sp³-hybridized carbons (Fsp3) is 0.143. The normalized spacial score (nSPS) is 11.2. The minimum Gasteiger partial charge on any atom is -0.342 e. The molecule has 2 aromatic heterocycles. The molecule has 0 unspecified atom stereocenters. The molecule has 0 bridgehead atoms. The van der Waals surface area contributed by atoms with E-state index in [9.17, 15) is 0 Å². The van der Waals surface area contributed by atoms with Crippen molar-refractivity contribution in [2.45, 2.75) is 13.1 Å². The first-order valence-electron chi connectivity index (χ1n) is 5.78. The summed E-state index contributed by atoms with van der Waals surface area (Å²) in [6.07, 6.45) is 2.11. The average molecular weight is 277 g/mol. The Morgan fingerprint density at radius 3 is 2.78 bits per heavy atom. The van der Waals surface area contributed by atoms with Crippen molar-refractivity contribution in [1.82, 2.24) is 4.57 Å². The molecule has 0 saturated heterocycles. The van der Waals surface area contributed by atoms with Gasteiger partial charge in [0.25, 0.3) is 0 Å². The van der Waals surface area contributed by atoms with Crippen molar-refractivity contribution in [3.63, 3.8) is 0 Å². The SMILES string of the molecule is NCc1ccc2c(ccn2Cc2ccc(Cl)s2)c1. The summed E-state index contributed by atoms with van der Waals surface area (Å²) in [5, 5.41) is 1.24. The summed E-state index contributed by atoms with van der Waals surface area (Å²) in [7, 11) is 0. The first-order chi connectivity index (χ1) is 8.76. The standard InChI is InChI=1S/C14H13ClN2S/c15-14-4-2-12(18-14)9-17-6-5-11-7-10(8-16)1-3-13(11)17/h1-7H,8-9,16H2. The third-order valence-corrected chi connectivity index (χ3v) is 4.24. The van der Waals surface area contributed by atoms with Gasteiger partial charge in [-0.15, -0.1) is 11.3 Å². The molecule has 2 heterocycles. The van der Waals surface area contributed by atoms with Crippen LogP contribution < -0.4 is 5.73 Å². The zero-order valence-corrected chi connectivity index (χ0v) is 11.3. The lowest BCUT2D eigenvalue weighted by molar-refractivity contribution is 0.851. The number of aromatic nitrogens is 1. The Morgan fingerprint density at radius 1 is 1.17 bits per heavy atom. The second-order valence-electron chi connectivity index (χ2n) is 4.25. The van der Waals surface area contributed by atoms with Gasteiger partial charge in [-0.2, -0.15) is 0 Å². The number of rotatable bonds is 3. The molecule has 92 valence electrons. The van der Waals surface area contributed by atoms with E-state index in [-0.39, 0.29) is 0 Å². The summed E-state index contributed by atoms with van der Waals surface area (Å²) in [5.41, 5.74) is 8.05. The molecular weight excluding hydrogens is 264 g/mol. The maximum absolute atomic E-state index is 5.95. The van der Waals surface area contributed by atoms with E-state index in [2.05, 4.69) is 41.1 Å². The van der Waals surface area contributed by atoms with Crippen molar-refractivity contribution in [2.24, 2.45) is 5.73 Å². The Bertz CT molecular complexity index is 684. The van der Waals surface area contributed by atoms with Crippen molar-refractivity contribution in [3.8, 4) is 0 Å². The Hall–Kier alpha value is -1.29. The second-order valence-corrected chi connectivity index (χ2v) is 6.05. The summed E-state index contributed by atoms with van der Waals surface area (Å²) in [6, 6.07) is 12.5. The molecule has 0 amide bonds. The average Bonchev–Trinajstić information content (AvgIpc) is 2.96. The maximum atomic E-state index is 5.95. The van der Waals surface area contributed by atoms with E-state index >= 15 is 0 Å². The Kier molecular flexibility index (Phi) is 3.12. The number of fused-ring (bicyclic) bond motifs is 1. The van der Waals surface area contributed by atoms with Crippen molar-refractivity contribution in [2.75, 3.05) is 0 Å². The van der Waals surface area contributed by atoms with Crippen LogP contribution in [0.1, 0.15) is 10.4 Å². The van der Waals surface area contributed by atoms with Gasteiger partial charge in [-0.05, 0) is 41.3 Å². The van der Waals surface area contributed by atoms with Crippen LogP contribution in [-0.4, -0.2) is 4.57 Å². The number of benzene rings is 1. The van der Waals surface area contributed by atoms with Crippen LogP contribution in [0.15, 0.2) is 42.6 Å². The van der Waals surface area contributed by atoms with Crippen molar-refractivity contribution < 1.29 is 0 Å². The molecule has 1 aromatic carbocycles. The third-order valence-electron chi connectivity index (χ3n) is 3.03. The van der Waals surface area contributed by atoms with Crippen LogP contribution in [0.2, 0.25) is 4.34 Å². The third kappa shape index (κ3) is 2.17. The molecule has 0 fully saturated rings. The highest BCUT2D eigenvalue weighted by Gasteiger charge is 2.04. The predicted octanol–water partition coefficient (Wildman–Crippen LogP) is 3.86. The number of nitrogens with two attached hydrogens (primary N) is 1. The van der Waals surface area contributed by atoms with E-state index in [1.165, 1.54) is 21.3 Å². The Balaban J connectivity index is 1.97. The fourth-order valence-corrected chi connectivity index (χ4v) is 3.21. The van der Waals surface area contributed by atoms with E-state index in [0.29, 0.717) is 6.54 Å². The first kappa shape index (κ1) is 11.8. The van der Waals surface area contributed by atoms with Crippen molar-refractivity contribution in [1.29, 1.82) is 0 Å². The molecule has 0 aliphatic carbocycles. The monoisotopic (exact) mass is 276 g/mol. The minimum absolute atomic E-state index is 0.585. The fourth-order valence-electron chi connectivity index (χ4n) is 2.12. The van der Waals surface area contributed by atoms with Gasteiger partial charge in [-0.3, -0.25) is 0 Å². The van der Waals surface area contributed by atoms with Gasteiger partial charge in [0, 0.05) is 23.1 Å².